The number of carbonyl (C=O) groups excluding carboxylic acids is 1. The standard InChI is InChI=1S/C15H22FN3O/c1-12-11-13(3-4-14(12)16)15(20)19-7-2-6-18(8-5-17)9-10-19/h3-4,11H,2,5-10,17H2,1H3. The van der Waals surface area contributed by atoms with Crippen molar-refractivity contribution in [1.82, 2.24) is 9.80 Å². The van der Waals surface area contributed by atoms with Gasteiger partial charge in [0.05, 0.1) is 0 Å². The summed E-state index contributed by atoms with van der Waals surface area (Å²) in [6.45, 7) is 6.47. The summed E-state index contributed by atoms with van der Waals surface area (Å²) in [5.74, 6) is -0.283. The summed E-state index contributed by atoms with van der Waals surface area (Å²) < 4.78 is 13.3. The van der Waals surface area contributed by atoms with Gasteiger partial charge in [-0.05, 0) is 43.7 Å². The van der Waals surface area contributed by atoms with Gasteiger partial charge in [0.15, 0.2) is 0 Å². The molecule has 0 bridgehead atoms. The monoisotopic (exact) mass is 279 g/mol. The lowest BCUT2D eigenvalue weighted by Crippen LogP contribution is -2.36. The van der Waals surface area contributed by atoms with E-state index in [0.29, 0.717) is 24.2 Å². The molecule has 110 valence electrons. The summed E-state index contributed by atoms with van der Waals surface area (Å²) in [6, 6.07) is 4.55. The second kappa shape index (κ2) is 6.81. The van der Waals surface area contributed by atoms with Crippen LogP contribution in [0.4, 0.5) is 4.39 Å². The summed E-state index contributed by atoms with van der Waals surface area (Å²) in [5.41, 5.74) is 6.64. The number of aryl methyl sites for hydroxylation is 1. The smallest absolute Gasteiger partial charge is 0.253 e. The summed E-state index contributed by atoms with van der Waals surface area (Å²) in [4.78, 5) is 16.6. The molecule has 2 N–H and O–H groups in total. The van der Waals surface area contributed by atoms with E-state index in [1.165, 1.54) is 6.07 Å². The van der Waals surface area contributed by atoms with Crippen LogP contribution in [0.15, 0.2) is 18.2 Å². The fraction of sp³-hybridized carbons (Fsp3) is 0.533. The van der Waals surface area contributed by atoms with E-state index in [1.807, 2.05) is 4.90 Å². The summed E-state index contributed by atoms with van der Waals surface area (Å²) in [5, 5.41) is 0. The molecular weight excluding hydrogens is 257 g/mol. The Morgan fingerprint density at radius 2 is 2.10 bits per heavy atom. The van der Waals surface area contributed by atoms with Crippen molar-refractivity contribution < 1.29 is 9.18 Å². The fourth-order valence-corrected chi connectivity index (χ4v) is 2.54. The third kappa shape index (κ3) is 3.55. The zero-order valence-electron chi connectivity index (χ0n) is 11.9. The molecule has 0 saturated carbocycles. The molecule has 0 radical (unpaired) electrons. The van der Waals surface area contributed by atoms with Gasteiger partial charge < -0.3 is 15.5 Å². The van der Waals surface area contributed by atoms with Gasteiger partial charge in [-0.3, -0.25) is 4.79 Å². The largest absolute Gasteiger partial charge is 0.337 e. The van der Waals surface area contributed by atoms with E-state index in [2.05, 4.69) is 4.90 Å². The van der Waals surface area contributed by atoms with Gasteiger partial charge in [0.1, 0.15) is 5.82 Å². The molecule has 0 atom stereocenters. The van der Waals surface area contributed by atoms with E-state index in [9.17, 15) is 9.18 Å². The van der Waals surface area contributed by atoms with Gasteiger partial charge >= 0.3 is 0 Å². The average Bonchev–Trinajstić information content (AvgIpc) is 2.67. The maximum Gasteiger partial charge on any atom is 0.253 e. The van der Waals surface area contributed by atoms with E-state index >= 15 is 0 Å². The Morgan fingerprint density at radius 1 is 1.30 bits per heavy atom. The van der Waals surface area contributed by atoms with Crippen LogP contribution in [-0.4, -0.2) is 55.0 Å². The molecule has 2 rings (SSSR count). The minimum atomic E-state index is -0.272. The van der Waals surface area contributed by atoms with Gasteiger partial charge in [0, 0.05) is 38.3 Å². The highest BCUT2D eigenvalue weighted by molar-refractivity contribution is 5.94. The molecule has 1 aliphatic rings. The Labute approximate surface area is 119 Å². The van der Waals surface area contributed by atoms with Crippen LogP contribution < -0.4 is 5.73 Å². The number of hydrogen-bond donors (Lipinski definition) is 1. The molecule has 1 heterocycles. The van der Waals surface area contributed by atoms with Crippen LogP contribution in [0, 0.1) is 12.7 Å². The van der Waals surface area contributed by atoms with E-state index in [4.69, 9.17) is 5.73 Å². The van der Waals surface area contributed by atoms with Gasteiger partial charge in [-0.1, -0.05) is 0 Å². The molecule has 0 unspecified atom stereocenters. The lowest BCUT2D eigenvalue weighted by Gasteiger charge is -2.22. The van der Waals surface area contributed by atoms with E-state index < -0.39 is 0 Å². The number of hydrogen-bond acceptors (Lipinski definition) is 3. The molecule has 0 aliphatic carbocycles. The third-order valence-electron chi connectivity index (χ3n) is 3.73. The Kier molecular flexibility index (Phi) is 5.09. The van der Waals surface area contributed by atoms with Crippen LogP contribution in [0.2, 0.25) is 0 Å². The predicted octanol–water partition coefficient (Wildman–Crippen LogP) is 1.24. The molecule has 1 aromatic carbocycles. The van der Waals surface area contributed by atoms with Crippen molar-refractivity contribution in [3.63, 3.8) is 0 Å². The van der Waals surface area contributed by atoms with E-state index in [1.54, 1.807) is 19.1 Å². The Balaban J connectivity index is 2.03. The zero-order chi connectivity index (χ0) is 14.5. The minimum Gasteiger partial charge on any atom is -0.337 e. The maximum atomic E-state index is 13.3. The lowest BCUT2D eigenvalue weighted by atomic mass is 10.1. The molecule has 4 nitrogen and oxygen atoms in total. The molecule has 1 fully saturated rings. The van der Waals surface area contributed by atoms with Crippen LogP contribution in [0.3, 0.4) is 0 Å². The SMILES string of the molecule is Cc1cc(C(=O)N2CCCN(CCN)CC2)ccc1F. The van der Waals surface area contributed by atoms with Gasteiger partial charge in [-0.2, -0.15) is 0 Å². The number of rotatable bonds is 3. The Morgan fingerprint density at radius 3 is 2.80 bits per heavy atom. The molecule has 20 heavy (non-hydrogen) atoms. The van der Waals surface area contributed by atoms with Crippen LogP contribution in [0.1, 0.15) is 22.3 Å². The number of nitrogens with two attached hydrogens (primary N) is 1. The van der Waals surface area contributed by atoms with Crippen molar-refractivity contribution in [2.24, 2.45) is 5.73 Å². The van der Waals surface area contributed by atoms with E-state index in [0.717, 1.165) is 32.6 Å². The normalized spacial score (nSPS) is 17.1. The van der Waals surface area contributed by atoms with Gasteiger partial charge in [0.25, 0.3) is 5.91 Å². The Bertz CT molecular complexity index is 478. The number of amides is 1. The quantitative estimate of drug-likeness (QED) is 0.905. The number of benzene rings is 1. The van der Waals surface area contributed by atoms with Crippen molar-refractivity contribution >= 4 is 5.91 Å². The van der Waals surface area contributed by atoms with Gasteiger partial charge in [0.2, 0.25) is 0 Å². The van der Waals surface area contributed by atoms with Gasteiger partial charge in [-0.15, -0.1) is 0 Å². The first-order valence-electron chi connectivity index (χ1n) is 7.09. The highest BCUT2D eigenvalue weighted by Crippen LogP contribution is 2.13. The van der Waals surface area contributed by atoms with Crippen LogP contribution >= 0.6 is 0 Å². The lowest BCUT2D eigenvalue weighted by molar-refractivity contribution is 0.0761. The average molecular weight is 279 g/mol. The molecule has 0 spiro atoms. The highest BCUT2D eigenvalue weighted by Gasteiger charge is 2.20. The van der Waals surface area contributed by atoms with Crippen molar-refractivity contribution in [3.05, 3.63) is 35.1 Å². The Hall–Kier alpha value is -1.46. The highest BCUT2D eigenvalue weighted by atomic mass is 19.1. The summed E-state index contributed by atoms with van der Waals surface area (Å²) >= 11 is 0. The van der Waals surface area contributed by atoms with Crippen LogP contribution in [-0.2, 0) is 0 Å². The van der Waals surface area contributed by atoms with Crippen LogP contribution in [0.25, 0.3) is 0 Å². The summed E-state index contributed by atoms with van der Waals surface area (Å²) in [7, 11) is 0. The van der Waals surface area contributed by atoms with Crippen molar-refractivity contribution in [2.45, 2.75) is 13.3 Å². The minimum absolute atomic E-state index is 0.0114. The number of halogens is 1. The molecule has 1 saturated heterocycles. The first-order chi connectivity index (χ1) is 9.61. The maximum absolute atomic E-state index is 13.3. The molecule has 1 aliphatic heterocycles. The molecule has 1 amide bonds. The predicted molar refractivity (Wildman–Crippen MR) is 77.2 cm³/mol. The molecular formula is C15H22FN3O. The zero-order valence-corrected chi connectivity index (χ0v) is 11.9. The van der Waals surface area contributed by atoms with Crippen molar-refractivity contribution in [1.29, 1.82) is 0 Å². The van der Waals surface area contributed by atoms with Crippen molar-refractivity contribution in [2.75, 3.05) is 39.3 Å². The van der Waals surface area contributed by atoms with E-state index in [-0.39, 0.29) is 11.7 Å². The number of nitrogens with zero attached hydrogens (tertiary/aromatic N) is 2. The molecule has 1 aromatic rings. The summed E-state index contributed by atoms with van der Waals surface area (Å²) in [6.07, 6.45) is 0.950. The third-order valence-corrected chi connectivity index (χ3v) is 3.73. The molecule has 5 heteroatoms. The number of carbonyl (C=O) groups is 1. The topological polar surface area (TPSA) is 49.6 Å². The second-order valence-electron chi connectivity index (χ2n) is 5.24. The second-order valence-corrected chi connectivity index (χ2v) is 5.24. The van der Waals surface area contributed by atoms with Crippen molar-refractivity contribution in [3.8, 4) is 0 Å². The van der Waals surface area contributed by atoms with Gasteiger partial charge in [-0.25, -0.2) is 4.39 Å². The fourth-order valence-electron chi connectivity index (χ4n) is 2.54. The van der Waals surface area contributed by atoms with Crippen LogP contribution in [0.5, 0.6) is 0 Å². The first-order valence-corrected chi connectivity index (χ1v) is 7.09. The molecule has 0 aromatic heterocycles. The first kappa shape index (κ1) is 14.9.